The predicted octanol–water partition coefficient (Wildman–Crippen LogP) is 2.07. The Labute approximate surface area is 103 Å². The van der Waals surface area contributed by atoms with Crippen molar-refractivity contribution in [3.8, 4) is 0 Å². The Balaban J connectivity index is 2.78. The lowest BCUT2D eigenvalue weighted by Gasteiger charge is -2.02. The molecule has 0 saturated carbocycles. The van der Waals surface area contributed by atoms with E-state index in [4.69, 9.17) is 5.53 Å². The van der Waals surface area contributed by atoms with Gasteiger partial charge in [0.05, 0.1) is 15.6 Å². The number of hydrogen-bond donors (Lipinski definition) is 0. The van der Waals surface area contributed by atoms with Gasteiger partial charge < -0.3 is 0 Å². The minimum absolute atomic E-state index is 0.0223. The van der Waals surface area contributed by atoms with Gasteiger partial charge >= 0.3 is 0 Å². The minimum atomic E-state index is -3.49. The first-order chi connectivity index (χ1) is 8.47. The Morgan fingerprint density at radius 2 is 1.94 bits per heavy atom. The first-order valence-electron chi connectivity index (χ1n) is 4.95. The average molecular weight is 270 g/mol. The predicted molar refractivity (Wildman–Crippen MR) is 63.8 cm³/mol. The van der Waals surface area contributed by atoms with E-state index in [-0.39, 0.29) is 29.3 Å². The number of nitrogens with zero attached hydrogens (tertiary/aromatic N) is 4. The highest BCUT2D eigenvalue weighted by atomic mass is 32.2. The Bertz CT molecular complexity index is 575. The molecule has 0 heterocycles. The van der Waals surface area contributed by atoms with E-state index in [2.05, 4.69) is 10.0 Å². The van der Waals surface area contributed by atoms with E-state index in [0.29, 0.717) is 0 Å². The lowest BCUT2D eigenvalue weighted by molar-refractivity contribution is -0.384. The first-order valence-corrected chi connectivity index (χ1v) is 6.60. The second kappa shape index (κ2) is 5.99. The molecule has 0 aromatic heterocycles. The molecule has 0 spiro atoms. The fraction of sp³-hybridized carbons (Fsp3) is 0.333. The lowest BCUT2D eigenvalue weighted by Crippen LogP contribution is -2.07. The van der Waals surface area contributed by atoms with E-state index in [0.717, 1.165) is 12.1 Å². The molecular weight excluding hydrogens is 260 g/mol. The third-order valence-electron chi connectivity index (χ3n) is 2.14. The highest BCUT2D eigenvalue weighted by Gasteiger charge is 2.15. The van der Waals surface area contributed by atoms with Gasteiger partial charge in [0, 0.05) is 23.6 Å². The topological polar surface area (TPSA) is 126 Å². The summed E-state index contributed by atoms with van der Waals surface area (Å²) in [6, 6.07) is 4.67. The largest absolute Gasteiger partial charge is 0.269 e. The molecule has 0 bridgehead atoms. The summed E-state index contributed by atoms with van der Waals surface area (Å²) in [5.74, 6) is -0.163. The van der Waals surface area contributed by atoms with Crippen LogP contribution < -0.4 is 0 Å². The summed E-state index contributed by atoms with van der Waals surface area (Å²) in [6.45, 7) is 0.0999. The van der Waals surface area contributed by atoms with Crippen molar-refractivity contribution in [1.82, 2.24) is 0 Å². The summed E-state index contributed by atoms with van der Waals surface area (Å²) in [4.78, 5) is 12.4. The van der Waals surface area contributed by atoms with Crippen LogP contribution in [0.4, 0.5) is 5.69 Å². The maximum absolute atomic E-state index is 11.8. The molecule has 9 heteroatoms. The van der Waals surface area contributed by atoms with Crippen molar-refractivity contribution in [2.45, 2.75) is 11.3 Å². The maximum atomic E-state index is 11.8. The minimum Gasteiger partial charge on any atom is -0.258 e. The molecule has 96 valence electrons. The molecule has 0 radical (unpaired) electrons. The zero-order valence-electron chi connectivity index (χ0n) is 9.26. The smallest absolute Gasteiger partial charge is 0.258 e. The number of non-ortho nitro benzene ring substituents is 1. The van der Waals surface area contributed by atoms with Crippen LogP contribution in [0, 0.1) is 10.1 Å². The number of rotatable bonds is 6. The molecule has 0 aliphatic heterocycles. The highest BCUT2D eigenvalue weighted by molar-refractivity contribution is 7.91. The van der Waals surface area contributed by atoms with Crippen LogP contribution in [0.2, 0.25) is 0 Å². The molecule has 0 N–H and O–H groups in total. The standard InChI is InChI=1S/C9H10N4O4S/c10-12-11-6-1-7-18(16,17)9-4-2-8(3-5-9)13(14)15/h2-5H,1,6-7H2. The maximum Gasteiger partial charge on any atom is 0.269 e. The van der Waals surface area contributed by atoms with Crippen LogP contribution in [0.3, 0.4) is 0 Å². The van der Waals surface area contributed by atoms with Gasteiger partial charge in [-0.05, 0) is 24.1 Å². The van der Waals surface area contributed by atoms with Gasteiger partial charge in [0.2, 0.25) is 0 Å². The van der Waals surface area contributed by atoms with E-state index in [1.165, 1.54) is 12.1 Å². The fourth-order valence-electron chi connectivity index (χ4n) is 1.26. The van der Waals surface area contributed by atoms with Crippen LogP contribution >= 0.6 is 0 Å². The summed E-state index contributed by atoms with van der Waals surface area (Å²) >= 11 is 0. The van der Waals surface area contributed by atoms with Gasteiger partial charge in [-0.15, -0.1) is 0 Å². The summed E-state index contributed by atoms with van der Waals surface area (Å²) in [5.41, 5.74) is 7.88. The van der Waals surface area contributed by atoms with Crippen molar-refractivity contribution in [1.29, 1.82) is 0 Å². The van der Waals surface area contributed by atoms with Gasteiger partial charge in [-0.25, -0.2) is 8.42 Å². The Morgan fingerprint density at radius 3 is 2.44 bits per heavy atom. The van der Waals surface area contributed by atoms with Crippen LogP contribution in [0.5, 0.6) is 0 Å². The van der Waals surface area contributed by atoms with Gasteiger partial charge in [-0.3, -0.25) is 10.1 Å². The van der Waals surface area contributed by atoms with Gasteiger partial charge in [0.1, 0.15) is 0 Å². The molecule has 0 aliphatic rings. The number of sulfone groups is 1. The summed E-state index contributed by atoms with van der Waals surface area (Å²) in [5, 5.41) is 13.6. The van der Waals surface area contributed by atoms with E-state index in [9.17, 15) is 18.5 Å². The van der Waals surface area contributed by atoms with Crippen molar-refractivity contribution in [2.24, 2.45) is 5.11 Å². The van der Waals surface area contributed by atoms with Crippen LogP contribution in [0.25, 0.3) is 10.4 Å². The Kier molecular flexibility index (Phi) is 4.64. The molecule has 0 atom stereocenters. The summed E-state index contributed by atoms with van der Waals surface area (Å²) in [7, 11) is -3.49. The monoisotopic (exact) mass is 270 g/mol. The van der Waals surface area contributed by atoms with Crippen molar-refractivity contribution in [3.05, 3.63) is 44.8 Å². The third kappa shape index (κ3) is 3.72. The van der Waals surface area contributed by atoms with E-state index in [1.54, 1.807) is 0 Å². The van der Waals surface area contributed by atoms with Crippen molar-refractivity contribution < 1.29 is 13.3 Å². The molecule has 18 heavy (non-hydrogen) atoms. The van der Waals surface area contributed by atoms with Gasteiger partial charge in [-0.2, -0.15) is 0 Å². The Morgan fingerprint density at radius 1 is 1.33 bits per heavy atom. The van der Waals surface area contributed by atoms with Gasteiger partial charge in [-0.1, -0.05) is 5.11 Å². The second-order valence-electron chi connectivity index (χ2n) is 3.38. The quantitative estimate of drug-likeness (QED) is 0.196. The molecule has 8 nitrogen and oxygen atoms in total. The van der Waals surface area contributed by atoms with E-state index >= 15 is 0 Å². The van der Waals surface area contributed by atoms with Crippen LogP contribution in [0.15, 0.2) is 34.3 Å². The summed E-state index contributed by atoms with van der Waals surface area (Å²) in [6.07, 6.45) is 0.212. The summed E-state index contributed by atoms with van der Waals surface area (Å²) < 4.78 is 23.5. The zero-order chi connectivity index (χ0) is 13.6. The van der Waals surface area contributed by atoms with Crippen molar-refractivity contribution in [3.63, 3.8) is 0 Å². The molecule has 0 fully saturated rings. The molecule has 0 unspecified atom stereocenters. The number of azide groups is 1. The average Bonchev–Trinajstić information content (AvgIpc) is 2.35. The fourth-order valence-corrected chi connectivity index (χ4v) is 2.56. The number of nitro groups is 1. The van der Waals surface area contributed by atoms with Crippen LogP contribution in [-0.4, -0.2) is 25.6 Å². The SMILES string of the molecule is [N-]=[N+]=NCCCS(=O)(=O)c1ccc([N+](=O)[O-])cc1. The molecule has 1 aromatic rings. The number of hydrogen-bond acceptors (Lipinski definition) is 5. The van der Waals surface area contributed by atoms with Gasteiger partial charge in [0.15, 0.2) is 9.84 Å². The molecule has 1 rings (SSSR count). The normalized spacial score (nSPS) is 10.7. The lowest BCUT2D eigenvalue weighted by atomic mass is 10.3. The van der Waals surface area contributed by atoms with Crippen LogP contribution in [0.1, 0.15) is 6.42 Å². The molecule has 1 aromatic carbocycles. The molecule has 0 saturated heterocycles. The number of nitro benzene ring substituents is 1. The van der Waals surface area contributed by atoms with E-state index in [1.807, 2.05) is 0 Å². The second-order valence-corrected chi connectivity index (χ2v) is 5.49. The van der Waals surface area contributed by atoms with Crippen LogP contribution in [-0.2, 0) is 9.84 Å². The van der Waals surface area contributed by atoms with Crippen molar-refractivity contribution >= 4 is 15.5 Å². The highest BCUT2D eigenvalue weighted by Crippen LogP contribution is 2.17. The molecular formula is C9H10N4O4S. The molecule has 0 amide bonds. The molecule has 0 aliphatic carbocycles. The van der Waals surface area contributed by atoms with Gasteiger partial charge in [0.25, 0.3) is 5.69 Å². The third-order valence-corrected chi connectivity index (χ3v) is 3.96. The Hall–Kier alpha value is -2.12. The number of benzene rings is 1. The van der Waals surface area contributed by atoms with Crippen molar-refractivity contribution in [2.75, 3.05) is 12.3 Å². The zero-order valence-corrected chi connectivity index (χ0v) is 10.1. The first kappa shape index (κ1) is 13.9. The van der Waals surface area contributed by atoms with E-state index < -0.39 is 14.8 Å².